The van der Waals surface area contributed by atoms with Crippen LogP contribution in [0.5, 0.6) is 5.75 Å². The lowest BCUT2D eigenvalue weighted by atomic mass is 10.1. The molecule has 16 heavy (non-hydrogen) atoms. The van der Waals surface area contributed by atoms with Gasteiger partial charge in [0, 0.05) is 5.39 Å². The number of nitrogens with one attached hydrogen (secondary N) is 1. The van der Waals surface area contributed by atoms with Gasteiger partial charge < -0.3 is 5.11 Å². The van der Waals surface area contributed by atoms with Gasteiger partial charge in [-0.25, -0.2) is 8.42 Å². The summed E-state index contributed by atoms with van der Waals surface area (Å²) < 4.78 is 24.7. The average molecular weight is 237 g/mol. The van der Waals surface area contributed by atoms with E-state index in [2.05, 4.69) is 4.72 Å². The van der Waals surface area contributed by atoms with Gasteiger partial charge in [0.15, 0.2) is 0 Å². The average Bonchev–Trinajstić information content (AvgIpc) is 2.21. The van der Waals surface area contributed by atoms with Crippen molar-refractivity contribution in [3.8, 4) is 5.75 Å². The van der Waals surface area contributed by atoms with Gasteiger partial charge in [-0.2, -0.15) is 0 Å². The molecule has 2 aromatic carbocycles. The fourth-order valence-corrected chi connectivity index (χ4v) is 2.14. The lowest BCUT2D eigenvalue weighted by Gasteiger charge is -2.09. The Labute approximate surface area is 93.6 Å². The largest absolute Gasteiger partial charge is 0.506 e. The molecule has 4 nitrogen and oxygen atoms in total. The molecule has 0 unspecified atom stereocenters. The van der Waals surface area contributed by atoms with Gasteiger partial charge >= 0.3 is 0 Å². The van der Waals surface area contributed by atoms with Crippen LogP contribution >= 0.6 is 0 Å². The Hall–Kier alpha value is -1.75. The van der Waals surface area contributed by atoms with E-state index in [9.17, 15) is 13.5 Å². The number of benzene rings is 2. The zero-order chi connectivity index (χ0) is 11.8. The van der Waals surface area contributed by atoms with Crippen LogP contribution in [0.25, 0.3) is 10.8 Å². The summed E-state index contributed by atoms with van der Waals surface area (Å²) in [5.41, 5.74) is 0.223. The van der Waals surface area contributed by atoms with E-state index in [1.165, 1.54) is 6.07 Å². The highest BCUT2D eigenvalue weighted by Gasteiger charge is 2.10. The molecule has 84 valence electrons. The predicted molar refractivity (Wildman–Crippen MR) is 64.1 cm³/mol. The van der Waals surface area contributed by atoms with Crippen molar-refractivity contribution >= 4 is 26.5 Å². The third kappa shape index (κ3) is 2.09. The molecule has 2 N–H and O–H groups in total. The molecular formula is C11H11NO3S. The Morgan fingerprint density at radius 2 is 1.81 bits per heavy atom. The van der Waals surface area contributed by atoms with Crippen LogP contribution in [0.3, 0.4) is 0 Å². The van der Waals surface area contributed by atoms with E-state index < -0.39 is 10.0 Å². The van der Waals surface area contributed by atoms with Crippen molar-refractivity contribution < 1.29 is 13.5 Å². The van der Waals surface area contributed by atoms with Gasteiger partial charge in [-0.1, -0.05) is 30.3 Å². The Bertz CT molecular complexity index is 635. The van der Waals surface area contributed by atoms with Crippen LogP contribution < -0.4 is 4.72 Å². The molecule has 0 bridgehead atoms. The summed E-state index contributed by atoms with van der Waals surface area (Å²) in [6.45, 7) is 0. The van der Waals surface area contributed by atoms with Gasteiger partial charge in [0.2, 0.25) is 10.0 Å². The van der Waals surface area contributed by atoms with E-state index in [-0.39, 0.29) is 11.4 Å². The van der Waals surface area contributed by atoms with E-state index in [1.54, 1.807) is 18.2 Å². The maximum Gasteiger partial charge on any atom is 0.229 e. The molecular weight excluding hydrogens is 226 g/mol. The molecule has 2 aromatic rings. The van der Waals surface area contributed by atoms with Crippen molar-refractivity contribution in [2.24, 2.45) is 0 Å². The van der Waals surface area contributed by atoms with Gasteiger partial charge in [0.25, 0.3) is 0 Å². The van der Waals surface area contributed by atoms with Gasteiger partial charge in [0.05, 0.1) is 11.9 Å². The first-order valence-corrected chi connectivity index (χ1v) is 6.55. The van der Waals surface area contributed by atoms with Crippen molar-refractivity contribution in [3.05, 3.63) is 36.4 Å². The maximum atomic E-state index is 11.2. The van der Waals surface area contributed by atoms with Gasteiger partial charge in [0.1, 0.15) is 5.75 Å². The molecule has 0 heterocycles. The minimum absolute atomic E-state index is 0.0795. The molecule has 5 heteroatoms. The zero-order valence-corrected chi connectivity index (χ0v) is 9.45. The van der Waals surface area contributed by atoms with Gasteiger partial charge in [-0.05, 0) is 11.5 Å². The molecule has 2 rings (SSSR count). The minimum Gasteiger partial charge on any atom is -0.506 e. The monoisotopic (exact) mass is 237 g/mol. The lowest BCUT2D eigenvalue weighted by Crippen LogP contribution is -2.10. The number of phenolic OH excluding ortho intramolecular Hbond substituents is 1. The number of rotatable bonds is 2. The van der Waals surface area contributed by atoms with E-state index in [1.807, 2.05) is 12.1 Å². The van der Waals surface area contributed by atoms with Crippen LogP contribution in [0.15, 0.2) is 36.4 Å². The molecule has 0 aromatic heterocycles. The molecule has 0 aliphatic rings. The second-order valence-corrected chi connectivity index (χ2v) is 5.30. The third-order valence-electron chi connectivity index (χ3n) is 2.19. The van der Waals surface area contributed by atoms with Crippen LogP contribution in [0.1, 0.15) is 0 Å². The Kier molecular flexibility index (Phi) is 2.47. The minimum atomic E-state index is -3.40. The number of fused-ring (bicyclic) bond motifs is 1. The summed E-state index contributed by atoms with van der Waals surface area (Å²) in [6, 6.07) is 10.4. The van der Waals surface area contributed by atoms with Crippen LogP contribution in [-0.2, 0) is 10.0 Å². The van der Waals surface area contributed by atoms with Crippen LogP contribution in [0, 0.1) is 0 Å². The maximum absolute atomic E-state index is 11.2. The van der Waals surface area contributed by atoms with Crippen LogP contribution in [0.4, 0.5) is 5.69 Å². The topological polar surface area (TPSA) is 66.4 Å². The first kappa shape index (κ1) is 10.8. The summed E-state index contributed by atoms with van der Waals surface area (Å²) in [5, 5.41) is 11.2. The number of phenols is 1. The van der Waals surface area contributed by atoms with Crippen molar-refractivity contribution in [2.75, 3.05) is 11.0 Å². The molecule has 0 aliphatic heterocycles. The number of aromatic hydroxyl groups is 1. The van der Waals surface area contributed by atoms with E-state index in [4.69, 9.17) is 0 Å². The number of anilines is 1. The zero-order valence-electron chi connectivity index (χ0n) is 8.64. The van der Waals surface area contributed by atoms with Crippen molar-refractivity contribution in [1.82, 2.24) is 0 Å². The molecule has 0 radical (unpaired) electrons. The number of hydrogen-bond donors (Lipinski definition) is 2. The van der Waals surface area contributed by atoms with Crippen molar-refractivity contribution in [2.45, 2.75) is 0 Å². The fourth-order valence-electron chi connectivity index (χ4n) is 1.55. The summed E-state index contributed by atoms with van der Waals surface area (Å²) >= 11 is 0. The fraction of sp³-hybridized carbons (Fsp3) is 0.0909. The highest BCUT2D eigenvalue weighted by molar-refractivity contribution is 7.92. The molecule has 0 fully saturated rings. The summed E-state index contributed by atoms with van der Waals surface area (Å²) in [4.78, 5) is 0. The van der Waals surface area contributed by atoms with E-state index in [0.717, 1.165) is 11.6 Å². The van der Waals surface area contributed by atoms with Crippen LogP contribution in [-0.4, -0.2) is 19.8 Å². The summed E-state index contributed by atoms with van der Waals surface area (Å²) in [5.74, 6) is -0.0795. The van der Waals surface area contributed by atoms with Crippen LogP contribution in [0.2, 0.25) is 0 Å². The quantitative estimate of drug-likeness (QED) is 0.784. The third-order valence-corrected chi connectivity index (χ3v) is 2.77. The van der Waals surface area contributed by atoms with Crippen molar-refractivity contribution in [3.63, 3.8) is 0 Å². The molecule has 0 aliphatic carbocycles. The van der Waals surface area contributed by atoms with Gasteiger partial charge in [-0.15, -0.1) is 0 Å². The molecule has 0 atom stereocenters. The Morgan fingerprint density at radius 3 is 2.50 bits per heavy atom. The smallest absolute Gasteiger partial charge is 0.229 e. The molecule has 0 saturated carbocycles. The molecule has 0 spiro atoms. The highest BCUT2D eigenvalue weighted by atomic mass is 32.2. The first-order valence-electron chi connectivity index (χ1n) is 4.66. The van der Waals surface area contributed by atoms with Crippen molar-refractivity contribution in [1.29, 1.82) is 0 Å². The second-order valence-electron chi connectivity index (χ2n) is 3.56. The Morgan fingerprint density at radius 1 is 1.12 bits per heavy atom. The standard InChI is InChI=1S/C11H11NO3S/c1-16(14,15)12-11-9-5-3-2-4-8(9)6-7-10(11)13/h2-7,12-13H,1H3. The number of sulfonamides is 1. The SMILES string of the molecule is CS(=O)(=O)Nc1c(O)ccc2ccccc12. The number of hydrogen-bond acceptors (Lipinski definition) is 3. The summed E-state index contributed by atoms with van der Waals surface area (Å²) in [7, 11) is -3.40. The van der Waals surface area contributed by atoms with E-state index in [0.29, 0.717) is 5.39 Å². The second kappa shape index (κ2) is 3.68. The molecule has 0 saturated heterocycles. The van der Waals surface area contributed by atoms with E-state index >= 15 is 0 Å². The summed E-state index contributed by atoms with van der Waals surface area (Å²) in [6.07, 6.45) is 1.05. The lowest BCUT2D eigenvalue weighted by molar-refractivity contribution is 0.478. The normalized spacial score (nSPS) is 11.6. The molecule has 0 amide bonds. The first-order chi connectivity index (χ1) is 7.47. The highest BCUT2D eigenvalue weighted by Crippen LogP contribution is 2.32. The predicted octanol–water partition coefficient (Wildman–Crippen LogP) is 1.92. The van der Waals surface area contributed by atoms with Gasteiger partial charge in [-0.3, -0.25) is 4.72 Å². The Balaban J connectivity index is 2.71.